The van der Waals surface area contributed by atoms with Crippen molar-refractivity contribution in [3.05, 3.63) is 46.2 Å². The fraction of sp³-hybridized carbons (Fsp3) is 0.231. The van der Waals surface area contributed by atoms with E-state index < -0.39 is 0 Å². The summed E-state index contributed by atoms with van der Waals surface area (Å²) < 4.78 is 5.01. The molecule has 2 rings (SSSR count). The van der Waals surface area contributed by atoms with E-state index in [4.69, 9.17) is 4.74 Å². The van der Waals surface area contributed by atoms with Gasteiger partial charge in [-0.05, 0) is 19.4 Å². The first-order valence-corrected chi connectivity index (χ1v) is 5.01. The standard InChI is InChI=1S/C13H12O3/c1-7-5-4-6-9-10(7)12(15)13(16-3)8(2)11(9)14/h4-6H,1-3H3. The van der Waals surface area contributed by atoms with Gasteiger partial charge >= 0.3 is 0 Å². The van der Waals surface area contributed by atoms with Gasteiger partial charge in [0.1, 0.15) is 0 Å². The van der Waals surface area contributed by atoms with Gasteiger partial charge in [0.25, 0.3) is 0 Å². The summed E-state index contributed by atoms with van der Waals surface area (Å²) in [6.07, 6.45) is 0. The third kappa shape index (κ3) is 1.28. The predicted octanol–water partition coefficient (Wildman–Crippen LogP) is 2.29. The zero-order valence-corrected chi connectivity index (χ0v) is 9.46. The molecule has 82 valence electrons. The lowest BCUT2D eigenvalue weighted by molar-refractivity contribution is 0.0905. The van der Waals surface area contributed by atoms with Gasteiger partial charge in [-0.1, -0.05) is 18.2 Å². The summed E-state index contributed by atoms with van der Waals surface area (Å²) in [5, 5.41) is 0. The number of hydrogen-bond acceptors (Lipinski definition) is 3. The van der Waals surface area contributed by atoms with Gasteiger partial charge in [-0.2, -0.15) is 0 Å². The van der Waals surface area contributed by atoms with Crippen LogP contribution in [0.3, 0.4) is 0 Å². The molecule has 0 saturated carbocycles. The van der Waals surface area contributed by atoms with E-state index in [1.807, 2.05) is 13.0 Å². The van der Waals surface area contributed by atoms with Crippen LogP contribution in [0.4, 0.5) is 0 Å². The first-order valence-electron chi connectivity index (χ1n) is 5.01. The molecule has 0 unspecified atom stereocenters. The van der Waals surface area contributed by atoms with Crippen molar-refractivity contribution < 1.29 is 14.3 Å². The first-order chi connectivity index (χ1) is 7.57. The molecule has 0 heterocycles. The molecule has 0 aliphatic heterocycles. The third-order valence-electron chi connectivity index (χ3n) is 2.84. The molecular weight excluding hydrogens is 204 g/mol. The van der Waals surface area contributed by atoms with Crippen molar-refractivity contribution in [1.29, 1.82) is 0 Å². The number of methoxy groups -OCH3 is 1. The van der Waals surface area contributed by atoms with E-state index in [9.17, 15) is 9.59 Å². The number of rotatable bonds is 1. The van der Waals surface area contributed by atoms with Crippen molar-refractivity contribution in [2.24, 2.45) is 0 Å². The molecule has 0 fully saturated rings. The Labute approximate surface area is 93.7 Å². The van der Waals surface area contributed by atoms with Gasteiger partial charge in [-0.15, -0.1) is 0 Å². The number of fused-ring (bicyclic) bond motifs is 1. The average Bonchev–Trinajstić information content (AvgIpc) is 2.26. The normalized spacial score (nSPS) is 15.2. The number of ether oxygens (including phenoxy) is 1. The Balaban J connectivity index is 2.75. The summed E-state index contributed by atoms with van der Waals surface area (Å²) in [6, 6.07) is 5.28. The molecule has 0 N–H and O–H groups in total. The highest BCUT2D eigenvalue weighted by Crippen LogP contribution is 2.28. The van der Waals surface area contributed by atoms with Crippen LogP contribution in [0.15, 0.2) is 29.5 Å². The fourth-order valence-electron chi connectivity index (χ4n) is 1.99. The Morgan fingerprint density at radius 3 is 2.38 bits per heavy atom. The minimum absolute atomic E-state index is 0.129. The largest absolute Gasteiger partial charge is 0.492 e. The Hall–Kier alpha value is -1.90. The maximum absolute atomic E-state index is 12.1. The van der Waals surface area contributed by atoms with Crippen LogP contribution >= 0.6 is 0 Å². The highest BCUT2D eigenvalue weighted by molar-refractivity contribution is 6.26. The van der Waals surface area contributed by atoms with Crippen LogP contribution in [-0.2, 0) is 4.74 Å². The van der Waals surface area contributed by atoms with E-state index >= 15 is 0 Å². The maximum Gasteiger partial charge on any atom is 0.228 e. The Morgan fingerprint density at radius 2 is 1.75 bits per heavy atom. The lowest BCUT2D eigenvalue weighted by atomic mass is 9.86. The van der Waals surface area contributed by atoms with Gasteiger partial charge in [0.2, 0.25) is 5.78 Å². The maximum atomic E-state index is 12.1. The monoisotopic (exact) mass is 216 g/mol. The summed E-state index contributed by atoms with van der Waals surface area (Å²) in [4.78, 5) is 24.1. The second-order valence-corrected chi connectivity index (χ2v) is 3.81. The second-order valence-electron chi connectivity index (χ2n) is 3.81. The zero-order valence-electron chi connectivity index (χ0n) is 9.46. The molecule has 0 saturated heterocycles. The molecule has 0 atom stereocenters. The molecule has 3 nitrogen and oxygen atoms in total. The number of Topliss-reactive ketones (excluding diaryl/α,β-unsaturated/α-hetero) is 2. The van der Waals surface area contributed by atoms with Crippen LogP contribution in [0.1, 0.15) is 33.2 Å². The number of allylic oxidation sites excluding steroid dienone is 2. The molecule has 3 heteroatoms. The molecule has 1 aliphatic carbocycles. The van der Waals surface area contributed by atoms with Crippen molar-refractivity contribution in [2.45, 2.75) is 13.8 Å². The summed E-state index contributed by atoms with van der Waals surface area (Å²) in [5.74, 6) is -0.172. The number of carbonyl (C=O) groups excluding carboxylic acids is 2. The smallest absolute Gasteiger partial charge is 0.228 e. The summed E-state index contributed by atoms with van der Waals surface area (Å²) in [5.41, 5.74) is 2.13. The topological polar surface area (TPSA) is 43.4 Å². The van der Waals surface area contributed by atoms with Crippen LogP contribution in [0, 0.1) is 6.92 Å². The molecule has 0 radical (unpaired) electrons. The number of carbonyl (C=O) groups is 2. The van der Waals surface area contributed by atoms with E-state index in [1.165, 1.54) is 7.11 Å². The van der Waals surface area contributed by atoms with Crippen molar-refractivity contribution in [2.75, 3.05) is 7.11 Å². The predicted molar refractivity (Wildman–Crippen MR) is 59.5 cm³/mol. The molecule has 0 amide bonds. The Bertz CT molecular complexity index is 524. The van der Waals surface area contributed by atoms with Gasteiger partial charge in [0.05, 0.1) is 7.11 Å². The highest BCUT2D eigenvalue weighted by Gasteiger charge is 2.31. The van der Waals surface area contributed by atoms with Gasteiger partial charge < -0.3 is 4.74 Å². The highest BCUT2D eigenvalue weighted by atomic mass is 16.5. The van der Waals surface area contributed by atoms with E-state index in [2.05, 4.69) is 0 Å². The summed E-state index contributed by atoms with van der Waals surface area (Å²) in [7, 11) is 1.41. The van der Waals surface area contributed by atoms with Crippen LogP contribution < -0.4 is 0 Å². The summed E-state index contributed by atoms with van der Waals surface area (Å²) >= 11 is 0. The lowest BCUT2D eigenvalue weighted by Gasteiger charge is -2.19. The third-order valence-corrected chi connectivity index (χ3v) is 2.84. The number of benzene rings is 1. The summed E-state index contributed by atoms with van der Waals surface area (Å²) in [6.45, 7) is 3.43. The molecule has 1 aromatic rings. The van der Waals surface area contributed by atoms with E-state index in [0.29, 0.717) is 16.7 Å². The van der Waals surface area contributed by atoms with Crippen LogP contribution in [0.2, 0.25) is 0 Å². The SMILES string of the molecule is COC1=C(C)C(=O)c2cccc(C)c2C1=O. The van der Waals surface area contributed by atoms with Crippen molar-refractivity contribution in [3.8, 4) is 0 Å². The quantitative estimate of drug-likeness (QED) is 0.723. The number of aryl methyl sites for hydroxylation is 1. The average molecular weight is 216 g/mol. The minimum atomic E-state index is -0.201. The van der Waals surface area contributed by atoms with Crippen LogP contribution in [-0.4, -0.2) is 18.7 Å². The minimum Gasteiger partial charge on any atom is -0.492 e. The molecular formula is C13H12O3. The number of hydrogen-bond donors (Lipinski definition) is 0. The van der Waals surface area contributed by atoms with Gasteiger partial charge in [0.15, 0.2) is 11.5 Å². The van der Waals surface area contributed by atoms with Crippen molar-refractivity contribution in [1.82, 2.24) is 0 Å². The molecule has 0 spiro atoms. The van der Waals surface area contributed by atoms with Crippen LogP contribution in [0.25, 0.3) is 0 Å². The Morgan fingerprint density at radius 1 is 1.06 bits per heavy atom. The molecule has 16 heavy (non-hydrogen) atoms. The van der Waals surface area contributed by atoms with E-state index in [1.54, 1.807) is 19.1 Å². The van der Waals surface area contributed by atoms with Gasteiger partial charge in [-0.3, -0.25) is 9.59 Å². The molecule has 0 bridgehead atoms. The van der Waals surface area contributed by atoms with Crippen molar-refractivity contribution >= 4 is 11.6 Å². The second kappa shape index (κ2) is 3.59. The molecule has 0 aromatic heterocycles. The number of ketones is 2. The van der Waals surface area contributed by atoms with Gasteiger partial charge in [-0.25, -0.2) is 0 Å². The van der Waals surface area contributed by atoms with Crippen LogP contribution in [0.5, 0.6) is 0 Å². The lowest BCUT2D eigenvalue weighted by Crippen LogP contribution is -2.22. The molecule has 1 aromatic carbocycles. The van der Waals surface area contributed by atoms with E-state index in [-0.39, 0.29) is 17.3 Å². The zero-order chi connectivity index (χ0) is 11.9. The van der Waals surface area contributed by atoms with Crippen molar-refractivity contribution in [3.63, 3.8) is 0 Å². The van der Waals surface area contributed by atoms with Gasteiger partial charge in [0, 0.05) is 16.7 Å². The van der Waals surface area contributed by atoms with E-state index in [0.717, 1.165) is 5.56 Å². The Kier molecular flexibility index (Phi) is 2.38. The fourth-order valence-corrected chi connectivity index (χ4v) is 1.99. The first kappa shape index (κ1) is 10.6. The molecule has 1 aliphatic rings.